The molecule has 0 bridgehead atoms. The van der Waals surface area contributed by atoms with E-state index in [0.29, 0.717) is 24.2 Å². The summed E-state index contributed by atoms with van der Waals surface area (Å²) in [5, 5.41) is 5.34. The van der Waals surface area contributed by atoms with Crippen LogP contribution in [-0.4, -0.2) is 42.7 Å². The molecule has 7 heteroatoms. The van der Waals surface area contributed by atoms with Crippen LogP contribution in [0, 0.1) is 0 Å². The second-order valence-corrected chi connectivity index (χ2v) is 7.21. The van der Waals surface area contributed by atoms with Gasteiger partial charge in [-0.25, -0.2) is 4.99 Å². The fraction of sp³-hybridized carbons (Fsp3) is 0.304. The van der Waals surface area contributed by atoms with Gasteiger partial charge in [-0.05, 0) is 19.4 Å². The Kier molecular flexibility index (Phi) is 6.61. The van der Waals surface area contributed by atoms with Gasteiger partial charge < -0.3 is 15.5 Å². The number of carbonyl (C=O) groups is 3. The molecule has 156 valence electrons. The SMILES string of the molecule is CCCC(=O)NC(C)C(=O)N[C@H]1N=C(c2ccccc2)c2ccccc2N(C)C1=O. The molecule has 0 saturated carbocycles. The smallest absolute Gasteiger partial charge is 0.272 e. The van der Waals surface area contributed by atoms with Crippen LogP contribution in [0.15, 0.2) is 59.6 Å². The van der Waals surface area contributed by atoms with Crippen LogP contribution in [0.4, 0.5) is 5.69 Å². The summed E-state index contributed by atoms with van der Waals surface area (Å²) >= 11 is 0. The minimum absolute atomic E-state index is 0.203. The third-order valence-electron chi connectivity index (χ3n) is 4.92. The number of anilines is 1. The number of hydrogen-bond acceptors (Lipinski definition) is 4. The molecule has 0 aromatic heterocycles. The molecule has 0 fully saturated rings. The van der Waals surface area contributed by atoms with Gasteiger partial charge in [-0.1, -0.05) is 55.5 Å². The van der Waals surface area contributed by atoms with Crippen LogP contribution in [0.25, 0.3) is 0 Å². The van der Waals surface area contributed by atoms with Crippen molar-refractivity contribution in [3.63, 3.8) is 0 Å². The van der Waals surface area contributed by atoms with E-state index in [1.807, 2.05) is 61.5 Å². The fourth-order valence-corrected chi connectivity index (χ4v) is 3.31. The van der Waals surface area contributed by atoms with E-state index in [1.54, 1.807) is 14.0 Å². The number of amides is 3. The summed E-state index contributed by atoms with van der Waals surface area (Å²) in [4.78, 5) is 43.7. The van der Waals surface area contributed by atoms with Crippen LogP contribution in [0.5, 0.6) is 0 Å². The van der Waals surface area contributed by atoms with Gasteiger partial charge in [-0.15, -0.1) is 0 Å². The van der Waals surface area contributed by atoms with E-state index in [0.717, 1.165) is 11.1 Å². The van der Waals surface area contributed by atoms with Crippen LogP contribution in [-0.2, 0) is 14.4 Å². The standard InChI is InChI=1S/C23H26N4O3/c1-4-10-19(28)24-15(2)22(29)26-21-23(30)27(3)18-14-9-8-13-17(18)20(25-21)16-11-6-5-7-12-16/h5-9,11-15,21H,4,10H2,1-3H3,(H,24,28)(H,26,29)/t15?,21-/m1/s1. The molecule has 2 atom stereocenters. The molecule has 7 nitrogen and oxygen atoms in total. The highest BCUT2D eigenvalue weighted by Crippen LogP contribution is 2.27. The van der Waals surface area contributed by atoms with Gasteiger partial charge in [0.1, 0.15) is 6.04 Å². The number of aliphatic imine (C=N–C) groups is 1. The van der Waals surface area contributed by atoms with Crippen LogP contribution >= 0.6 is 0 Å². The highest BCUT2D eigenvalue weighted by Gasteiger charge is 2.32. The van der Waals surface area contributed by atoms with Gasteiger partial charge in [0.05, 0.1) is 11.4 Å². The number of nitrogens with zero attached hydrogens (tertiary/aromatic N) is 2. The number of para-hydroxylation sites is 1. The Morgan fingerprint density at radius 2 is 1.77 bits per heavy atom. The molecule has 1 aliphatic rings. The summed E-state index contributed by atoms with van der Waals surface area (Å²) in [5.74, 6) is -1.02. The molecule has 2 aromatic carbocycles. The molecule has 2 aromatic rings. The minimum atomic E-state index is -1.10. The first kappa shape index (κ1) is 21.2. The number of benzene rings is 2. The van der Waals surface area contributed by atoms with Gasteiger partial charge in [0.25, 0.3) is 5.91 Å². The van der Waals surface area contributed by atoms with Crippen molar-refractivity contribution in [3.05, 3.63) is 65.7 Å². The third-order valence-corrected chi connectivity index (χ3v) is 4.92. The van der Waals surface area contributed by atoms with Gasteiger partial charge in [-0.2, -0.15) is 0 Å². The third kappa shape index (κ3) is 4.56. The first-order valence-electron chi connectivity index (χ1n) is 10.0. The van der Waals surface area contributed by atoms with E-state index < -0.39 is 18.1 Å². The largest absolute Gasteiger partial charge is 0.345 e. The summed E-state index contributed by atoms with van der Waals surface area (Å²) in [6.45, 7) is 3.48. The normalized spacial score (nSPS) is 16.8. The molecule has 1 unspecified atom stereocenters. The molecule has 3 rings (SSSR count). The Balaban J connectivity index is 1.94. The molecule has 2 N–H and O–H groups in total. The van der Waals surface area contributed by atoms with Crippen LogP contribution < -0.4 is 15.5 Å². The average Bonchev–Trinajstić information content (AvgIpc) is 2.85. The predicted octanol–water partition coefficient (Wildman–Crippen LogP) is 2.25. The zero-order chi connectivity index (χ0) is 21.7. The molecular formula is C23H26N4O3. The Bertz CT molecular complexity index is 971. The molecule has 30 heavy (non-hydrogen) atoms. The lowest BCUT2D eigenvalue weighted by molar-refractivity contribution is -0.130. The Morgan fingerprint density at radius 1 is 1.10 bits per heavy atom. The van der Waals surface area contributed by atoms with Crippen LogP contribution in [0.1, 0.15) is 37.8 Å². The first-order chi connectivity index (χ1) is 14.4. The van der Waals surface area contributed by atoms with E-state index in [4.69, 9.17) is 0 Å². The van der Waals surface area contributed by atoms with E-state index in [1.165, 1.54) is 4.90 Å². The summed E-state index contributed by atoms with van der Waals surface area (Å²) < 4.78 is 0. The van der Waals surface area contributed by atoms with Gasteiger partial charge in [0.2, 0.25) is 18.0 Å². The lowest BCUT2D eigenvalue weighted by Crippen LogP contribution is -2.52. The lowest BCUT2D eigenvalue weighted by atomic mass is 10.0. The lowest BCUT2D eigenvalue weighted by Gasteiger charge is -2.22. The van der Waals surface area contributed by atoms with E-state index in [9.17, 15) is 14.4 Å². The zero-order valence-corrected chi connectivity index (χ0v) is 17.4. The van der Waals surface area contributed by atoms with Crippen molar-refractivity contribution in [1.29, 1.82) is 0 Å². The number of rotatable bonds is 6. The molecular weight excluding hydrogens is 380 g/mol. The van der Waals surface area contributed by atoms with Gasteiger partial charge in [0.15, 0.2) is 0 Å². The second-order valence-electron chi connectivity index (χ2n) is 7.21. The number of likely N-dealkylation sites (N-methyl/N-ethyl adjacent to an activating group) is 1. The summed E-state index contributed by atoms with van der Waals surface area (Å²) in [6, 6.07) is 16.3. The Hall–Kier alpha value is -3.48. The van der Waals surface area contributed by atoms with Crippen molar-refractivity contribution in [3.8, 4) is 0 Å². The number of nitrogens with one attached hydrogen (secondary N) is 2. The van der Waals surface area contributed by atoms with Gasteiger partial charge in [0, 0.05) is 24.6 Å². The predicted molar refractivity (Wildman–Crippen MR) is 116 cm³/mol. The number of carbonyl (C=O) groups excluding carboxylic acids is 3. The maximum absolute atomic E-state index is 13.1. The summed E-state index contributed by atoms with van der Waals surface area (Å²) in [7, 11) is 1.66. The Labute approximate surface area is 176 Å². The summed E-state index contributed by atoms with van der Waals surface area (Å²) in [5.41, 5.74) is 2.99. The first-order valence-corrected chi connectivity index (χ1v) is 10.0. The molecule has 0 saturated heterocycles. The van der Waals surface area contributed by atoms with Gasteiger partial charge >= 0.3 is 0 Å². The quantitative estimate of drug-likeness (QED) is 0.771. The van der Waals surface area contributed by atoms with Crippen molar-refractivity contribution in [2.24, 2.45) is 4.99 Å². The van der Waals surface area contributed by atoms with Crippen molar-refractivity contribution in [2.75, 3.05) is 11.9 Å². The van der Waals surface area contributed by atoms with Crippen LogP contribution in [0.2, 0.25) is 0 Å². The molecule has 1 heterocycles. The molecule has 0 spiro atoms. The van der Waals surface area contributed by atoms with Crippen molar-refractivity contribution < 1.29 is 14.4 Å². The Morgan fingerprint density at radius 3 is 2.47 bits per heavy atom. The van der Waals surface area contributed by atoms with E-state index in [-0.39, 0.29) is 11.8 Å². The molecule has 0 radical (unpaired) electrons. The maximum atomic E-state index is 13.1. The monoisotopic (exact) mass is 406 g/mol. The number of hydrogen-bond donors (Lipinski definition) is 2. The van der Waals surface area contributed by atoms with Crippen molar-refractivity contribution in [1.82, 2.24) is 10.6 Å². The van der Waals surface area contributed by atoms with Crippen molar-refractivity contribution in [2.45, 2.75) is 38.9 Å². The average molecular weight is 406 g/mol. The second kappa shape index (κ2) is 9.35. The maximum Gasteiger partial charge on any atom is 0.272 e. The molecule has 0 aliphatic carbocycles. The topological polar surface area (TPSA) is 90.9 Å². The fourth-order valence-electron chi connectivity index (χ4n) is 3.31. The highest BCUT2D eigenvalue weighted by molar-refractivity contribution is 6.20. The molecule has 1 aliphatic heterocycles. The highest BCUT2D eigenvalue weighted by atomic mass is 16.2. The van der Waals surface area contributed by atoms with Gasteiger partial charge in [-0.3, -0.25) is 14.4 Å². The molecule has 3 amide bonds. The van der Waals surface area contributed by atoms with Crippen LogP contribution in [0.3, 0.4) is 0 Å². The zero-order valence-electron chi connectivity index (χ0n) is 17.4. The van der Waals surface area contributed by atoms with E-state index in [2.05, 4.69) is 15.6 Å². The number of fused-ring (bicyclic) bond motifs is 1. The van der Waals surface area contributed by atoms with Crippen molar-refractivity contribution >= 4 is 29.1 Å². The van der Waals surface area contributed by atoms with E-state index >= 15 is 0 Å². The minimum Gasteiger partial charge on any atom is -0.345 e. The number of benzodiazepines with no additional fused rings is 1. The summed E-state index contributed by atoms with van der Waals surface area (Å²) in [6.07, 6.45) is -0.0701.